The monoisotopic (exact) mass is 493 g/mol. The fraction of sp³-hybridized carbons (Fsp3) is 0.154. The molecule has 0 aliphatic carbocycles. The molecular weight excluding hydrogens is 469 g/mol. The minimum absolute atomic E-state index is 0.0773. The maximum absolute atomic E-state index is 13.1. The largest absolute Gasteiger partial charge is 0.441 e. The van der Waals surface area contributed by atoms with E-state index in [9.17, 15) is 17.6 Å². The van der Waals surface area contributed by atoms with E-state index in [-0.39, 0.29) is 29.5 Å². The fourth-order valence-corrected chi connectivity index (χ4v) is 4.82. The normalized spacial score (nSPS) is 11.3. The molecule has 7 nitrogen and oxygen atoms in total. The third kappa shape index (κ3) is 6.13. The second kappa shape index (κ2) is 10.1. The van der Waals surface area contributed by atoms with E-state index in [1.807, 2.05) is 13.0 Å². The highest BCUT2D eigenvalue weighted by molar-refractivity contribution is 7.92. The summed E-state index contributed by atoms with van der Waals surface area (Å²) in [6.07, 6.45) is 1.86. The summed E-state index contributed by atoms with van der Waals surface area (Å²) in [5, 5.41) is 2.73. The van der Waals surface area contributed by atoms with Crippen molar-refractivity contribution in [3.05, 3.63) is 95.8 Å². The number of anilines is 2. The van der Waals surface area contributed by atoms with Crippen LogP contribution in [-0.2, 0) is 21.2 Å². The SMILES string of the molecule is Cc1cccc(NS(=O)(=O)c2cc(NC(=O)CCc3ncc(-c4ccc(F)cc4)o3)ccc2C)c1. The number of amides is 1. The van der Waals surface area contributed by atoms with Crippen molar-refractivity contribution in [1.82, 2.24) is 4.98 Å². The Kier molecular flexibility index (Phi) is 6.97. The van der Waals surface area contributed by atoms with Crippen LogP contribution in [0.15, 0.2) is 82.2 Å². The molecule has 0 spiro atoms. The van der Waals surface area contributed by atoms with E-state index in [1.54, 1.807) is 49.4 Å². The van der Waals surface area contributed by atoms with E-state index in [0.29, 0.717) is 34.2 Å². The molecule has 0 bridgehead atoms. The molecule has 0 aliphatic heterocycles. The summed E-state index contributed by atoms with van der Waals surface area (Å²) in [6.45, 7) is 3.57. The van der Waals surface area contributed by atoms with Gasteiger partial charge in [-0.1, -0.05) is 18.2 Å². The minimum Gasteiger partial charge on any atom is -0.441 e. The summed E-state index contributed by atoms with van der Waals surface area (Å²) in [6, 6.07) is 17.6. The van der Waals surface area contributed by atoms with Crippen molar-refractivity contribution in [2.75, 3.05) is 10.0 Å². The molecule has 0 saturated heterocycles. The Balaban J connectivity index is 1.40. The summed E-state index contributed by atoms with van der Waals surface area (Å²) in [5.41, 5.74) is 2.99. The van der Waals surface area contributed by atoms with Gasteiger partial charge in [0.15, 0.2) is 11.7 Å². The Hall–Kier alpha value is -3.98. The quantitative estimate of drug-likeness (QED) is 0.339. The lowest BCUT2D eigenvalue weighted by atomic mass is 10.2. The van der Waals surface area contributed by atoms with Gasteiger partial charge in [0.25, 0.3) is 10.0 Å². The number of aryl methyl sites for hydroxylation is 3. The number of hydrogen-bond acceptors (Lipinski definition) is 5. The molecule has 0 aliphatic rings. The molecule has 1 amide bonds. The van der Waals surface area contributed by atoms with Crippen molar-refractivity contribution in [3.8, 4) is 11.3 Å². The summed E-state index contributed by atoms with van der Waals surface area (Å²) < 4.78 is 47.2. The summed E-state index contributed by atoms with van der Waals surface area (Å²) >= 11 is 0. The van der Waals surface area contributed by atoms with Gasteiger partial charge in [-0.05, 0) is 73.5 Å². The second-order valence-corrected chi connectivity index (χ2v) is 9.78. The average molecular weight is 494 g/mol. The number of hydrogen-bond donors (Lipinski definition) is 2. The van der Waals surface area contributed by atoms with Crippen LogP contribution in [0.3, 0.4) is 0 Å². The van der Waals surface area contributed by atoms with Gasteiger partial charge in [0.05, 0.1) is 11.1 Å². The number of benzene rings is 3. The molecule has 1 heterocycles. The zero-order valence-electron chi connectivity index (χ0n) is 19.2. The number of oxazole rings is 1. The van der Waals surface area contributed by atoms with Crippen LogP contribution in [0.2, 0.25) is 0 Å². The van der Waals surface area contributed by atoms with Gasteiger partial charge in [-0.25, -0.2) is 17.8 Å². The van der Waals surface area contributed by atoms with E-state index >= 15 is 0 Å². The number of carbonyl (C=O) groups is 1. The lowest BCUT2D eigenvalue weighted by Gasteiger charge is -2.13. The Morgan fingerprint density at radius 1 is 1.00 bits per heavy atom. The van der Waals surface area contributed by atoms with Crippen LogP contribution in [-0.4, -0.2) is 19.3 Å². The van der Waals surface area contributed by atoms with Crippen molar-refractivity contribution >= 4 is 27.3 Å². The molecule has 9 heteroatoms. The molecule has 0 radical (unpaired) electrons. The van der Waals surface area contributed by atoms with E-state index in [1.165, 1.54) is 24.4 Å². The third-order valence-electron chi connectivity index (χ3n) is 5.28. The first-order valence-electron chi connectivity index (χ1n) is 10.9. The van der Waals surface area contributed by atoms with Gasteiger partial charge in [-0.15, -0.1) is 0 Å². The van der Waals surface area contributed by atoms with Crippen molar-refractivity contribution < 1.29 is 22.0 Å². The van der Waals surface area contributed by atoms with Gasteiger partial charge in [-0.3, -0.25) is 9.52 Å². The van der Waals surface area contributed by atoms with Crippen LogP contribution in [0.1, 0.15) is 23.4 Å². The number of rotatable bonds is 8. The fourth-order valence-electron chi connectivity index (χ4n) is 3.50. The highest BCUT2D eigenvalue weighted by Crippen LogP contribution is 2.24. The lowest BCUT2D eigenvalue weighted by Crippen LogP contribution is -2.16. The number of aromatic nitrogens is 1. The van der Waals surface area contributed by atoms with Crippen LogP contribution in [0, 0.1) is 19.7 Å². The standard InChI is InChI=1S/C26H24FN3O4S/c1-17-4-3-5-22(14-17)30-35(32,33)24-15-21(11-6-18(24)2)29-25(31)12-13-26-28-16-23(34-26)19-7-9-20(27)10-8-19/h3-11,14-16,30H,12-13H2,1-2H3,(H,29,31). The predicted octanol–water partition coefficient (Wildman–Crippen LogP) is 5.47. The molecule has 4 aromatic rings. The third-order valence-corrected chi connectivity index (χ3v) is 6.80. The Bertz CT molecular complexity index is 1460. The summed E-state index contributed by atoms with van der Waals surface area (Å²) in [7, 11) is -3.85. The minimum atomic E-state index is -3.85. The second-order valence-electron chi connectivity index (χ2n) is 8.13. The molecule has 0 unspecified atom stereocenters. The first kappa shape index (κ1) is 24.2. The van der Waals surface area contributed by atoms with Gasteiger partial charge >= 0.3 is 0 Å². The van der Waals surface area contributed by atoms with Gasteiger partial charge in [-0.2, -0.15) is 0 Å². The summed E-state index contributed by atoms with van der Waals surface area (Å²) in [5.74, 6) is 0.192. The first-order chi connectivity index (χ1) is 16.7. The average Bonchev–Trinajstić information content (AvgIpc) is 3.28. The maximum atomic E-state index is 13.1. The molecule has 4 rings (SSSR count). The predicted molar refractivity (Wildman–Crippen MR) is 132 cm³/mol. The van der Waals surface area contributed by atoms with Crippen LogP contribution in [0.4, 0.5) is 15.8 Å². The zero-order valence-corrected chi connectivity index (χ0v) is 20.0. The van der Waals surface area contributed by atoms with Crippen LogP contribution < -0.4 is 10.0 Å². The van der Waals surface area contributed by atoms with Crippen molar-refractivity contribution in [2.45, 2.75) is 31.6 Å². The molecule has 0 atom stereocenters. The smallest absolute Gasteiger partial charge is 0.262 e. The number of nitrogens with zero attached hydrogens (tertiary/aromatic N) is 1. The topological polar surface area (TPSA) is 101 Å². The number of nitrogens with one attached hydrogen (secondary N) is 2. The highest BCUT2D eigenvalue weighted by Gasteiger charge is 2.18. The van der Waals surface area contributed by atoms with Crippen LogP contribution >= 0.6 is 0 Å². The number of halogens is 1. The van der Waals surface area contributed by atoms with Crippen molar-refractivity contribution in [1.29, 1.82) is 0 Å². The molecule has 0 fully saturated rings. The molecule has 180 valence electrons. The number of carbonyl (C=O) groups excluding carboxylic acids is 1. The molecular formula is C26H24FN3O4S. The lowest BCUT2D eigenvalue weighted by molar-refractivity contribution is -0.116. The highest BCUT2D eigenvalue weighted by atomic mass is 32.2. The Morgan fingerprint density at radius 3 is 2.51 bits per heavy atom. The summed E-state index contributed by atoms with van der Waals surface area (Å²) in [4.78, 5) is 16.7. The molecule has 2 N–H and O–H groups in total. The van der Waals surface area contributed by atoms with Gasteiger partial charge in [0.1, 0.15) is 5.82 Å². The zero-order chi connectivity index (χ0) is 25.0. The van der Waals surface area contributed by atoms with Crippen molar-refractivity contribution in [3.63, 3.8) is 0 Å². The van der Waals surface area contributed by atoms with Crippen LogP contribution in [0.5, 0.6) is 0 Å². The Labute approximate surface area is 203 Å². The maximum Gasteiger partial charge on any atom is 0.262 e. The molecule has 1 aromatic heterocycles. The van der Waals surface area contributed by atoms with E-state index in [2.05, 4.69) is 15.0 Å². The van der Waals surface area contributed by atoms with Gasteiger partial charge in [0, 0.05) is 29.8 Å². The van der Waals surface area contributed by atoms with Gasteiger partial charge < -0.3 is 9.73 Å². The Morgan fingerprint density at radius 2 is 1.77 bits per heavy atom. The van der Waals surface area contributed by atoms with Crippen molar-refractivity contribution in [2.24, 2.45) is 0 Å². The molecule has 35 heavy (non-hydrogen) atoms. The molecule has 3 aromatic carbocycles. The van der Waals surface area contributed by atoms with Gasteiger partial charge in [0.2, 0.25) is 5.91 Å². The van der Waals surface area contributed by atoms with E-state index in [4.69, 9.17) is 4.42 Å². The van der Waals surface area contributed by atoms with Crippen LogP contribution in [0.25, 0.3) is 11.3 Å². The first-order valence-corrected chi connectivity index (χ1v) is 12.4. The molecule has 0 saturated carbocycles. The van der Waals surface area contributed by atoms with E-state index < -0.39 is 10.0 Å². The number of sulfonamides is 1. The van der Waals surface area contributed by atoms with E-state index in [0.717, 1.165) is 5.56 Å².